The van der Waals surface area contributed by atoms with E-state index in [1.807, 2.05) is 24.3 Å². The van der Waals surface area contributed by atoms with E-state index in [-0.39, 0.29) is 12.4 Å². The van der Waals surface area contributed by atoms with Crippen molar-refractivity contribution in [2.75, 3.05) is 13.1 Å². The van der Waals surface area contributed by atoms with Gasteiger partial charge in [-0.3, -0.25) is 0 Å². The van der Waals surface area contributed by atoms with E-state index in [1.54, 1.807) is 0 Å². The molecule has 4 heteroatoms. The first-order valence-electron chi connectivity index (χ1n) is 4.47. The number of benzene rings is 1. The lowest BCUT2D eigenvalue weighted by Crippen LogP contribution is -2.19. The van der Waals surface area contributed by atoms with E-state index in [0.717, 1.165) is 29.7 Å². The molecule has 0 aliphatic carbocycles. The molecule has 2 nitrogen and oxygen atoms in total. The number of ether oxygens (including phenoxy) is 1. The number of hydrogen-bond acceptors (Lipinski definition) is 2. The Bertz CT molecular complexity index is 272. The molecule has 1 saturated heterocycles. The Morgan fingerprint density at radius 2 is 2.00 bits per heavy atom. The Morgan fingerprint density at radius 1 is 1.29 bits per heavy atom. The second-order valence-corrected chi connectivity index (χ2v) is 4.10. The van der Waals surface area contributed by atoms with Crippen LogP contribution in [0.1, 0.15) is 6.42 Å². The summed E-state index contributed by atoms with van der Waals surface area (Å²) in [6.45, 7) is 2.04. The van der Waals surface area contributed by atoms with Crippen LogP contribution in [-0.4, -0.2) is 19.2 Å². The van der Waals surface area contributed by atoms with Gasteiger partial charge in [-0.25, -0.2) is 0 Å². The lowest BCUT2D eigenvalue weighted by Gasteiger charge is -2.11. The fourth-order valence-corrected chi connectivity index (χ4v) is 1.70. The number of rotatable bonds is 2. The Labute approximate surface area is 98.6 Å². The minimum atomic E-state index is 0. The zero-order valence-corrected chi connectivity index (χ0v) is 10.1. The van der Waals surface area contributed by atoms with Crippen LogP contribution in [0.2, 0.25) is 0 Å². The third-order valence-electron chi connectivity index (χ3n) is 2.13. The molecule has 1 aromatic rings. The number of halogens is 2. The van der Waals surface area contributed by atoms with Gasteiger partial charge in [-0.05, 0) is 37.2 Å². The molecule has 0 radical (unpaired) electrons. The summed E-state index contributed by atoms with van der Waals surface area (Å²) in [6.07, 6.45) is 1.46. The first-order valence-corrected chi connectivity index (χ1v) is 5.27. The van der Waals surface area contributed by atoms with Gasteiger partial charge in [0, 0.05) is 11.0 Å². The summed E-state index contributed by atoms with van der Waals surface area (Å²) in [5.74, 6) is 0.955. The highest BCUT2D eigenvalue weighted by Crippen LogP contribution is 2.18. The molecule has 2 rings (SSSR count). The van der Waals surface area contributed by atoms with Crippen LogP contribution < -0.4 is 10.1 Å². The lowest BCUT2D eigenvalue weighted by molar-refractivity contribution is 0.223. The Balaban J connectivity index is 0.000000980. The van der Waals surface area contributed by atoms with Crippen molar-refractivity contribution in [2.24, 2.45) is 0 Å². The van der Waals surface area contributed by atoms with Gasteiger partial charge in [0.15, 0.2) is 0 Å². The molecule has 0 amide bonds. The van der Waals surface area contributed by atoms with Crippen LogP contribution in [0.4, 0.5) is 0 Å². The largest absolute Gasteiger partial charge is 0.489 e. The molecule has 1 fully saturated rings. The van der Waals surface area contributed by atoms with Gasteiger partial charge in [0.1, 0.15) is 11.9 Å². The van der Waals surface area contributed by atoms with Gasteiger partial charge < -0.3 is 10.1 Å². The van der Waals surface area contributed by atoms with Crippen LogP contribution >= 0.6 is 28.3 Å². The average Bonchev–Trinajstić information content (AvgIpc) is 2.62. The summed E-state index contributed by atoms with van der Waals surface area (Å²) < 4.78 is 6.83. The average molecular weight is 279 g/mol. The summed E-state index contributed by atoms with van der Waals surface area (Å²) in [4.78, 5) is 0. The fraction of sp³-hybridized carbons (Fsp3) is 0.400. The summed E-state index contributed by atoms with van der Waals surface area (Å²) >= 11 is 3.39. The highest BCUT2D eigenvalue weighted by Gasteiger charge is 2.15. The number of hydrogen-bond donors (Lipinski definition) is 1. The molecule has 14 heavy (non-hydrogen) atoms. The van der Waals surface area contributed by atoms with Crippen LogP contribution in [0, 0.1) is 0 Å². The van der Waals surface area contributed by atoms with Crippen molar-refractivity contribution in [1.82, 2.24) is 5.32 Å². The second-order valence-electron chi connectivity index (χ2n) is 3.19. The van der Waals surface area contributed by atoms with E-state index in [1.165, 1.54) is 0 Å². The van der Waals surface area contributed by atoms with E-state index in [9.17, 15) is 0 Å². The van der Waals surface area contributed by atoms with Crippen molar-refractivity contribution >= 4 is 28.3 Å². The lowest BCUT2D eigenvalue weighted by atomic mass is 10.3. The molecular formula is C10H13BrClNO. The summed E-state index contributed by atoms with van der Waals surface area (Å²) in [5.41, 5.74) is 0. The van der Waals surface area contributed by atoms with Crippen molar-refractivity contribution in [3.8, 4) is 5.75 Å². The molecule has 1 heterocycles. The van der Waals surface area contributed by atoms with E-state index in [4.69, 9.17) is 4.74 Å². The molecule has 1 aliphatic heterocycles. The van der Waals surface area contributed by atoms with Crippen LogP contribution in [0.3, 0.4) is 0 Å². The van der Waals surface area contributed by atoms with Crippen LogP contribution in [-0.2, 0) is 0 Å². The topological polar surface area (TPSA) is 21.3 Å². The van der Waals surface area contributed by atoms with Gasteiger partial charge in [-0.2, -0.15) is 0 Å². The highest BCUT2D eigenvalue weighted by atomic mass is 79.9. The molecule has 0 saturated carbocycles. The standard InChI is InChI=1S/C10H12BrNO.ClH/c11-8-1-3-9(4-2-8)13-10-5-6-12-7-10;/h1-4,10,12H,5-7H2;1H. The zero-order valence-electron chi connectivity index (χ0n) is 7.70. The quantitative estimate of drug-likeness (QED) is 0.898. The molecule has 1 aromatic carbocycles. The van der Waals surface area contributed by atoms with Gasteiger partial charge in [0.05, 0.1) is 0 Å². The van der Waals surface area contributed by atoms with Crippen molar-refractivity contribution in [2.45, 2.75) is 12.5 Å². The van der Waals surface area contributed by atoms with Gasteiger partial charge in [0.25, 0.3) is 0 Å². The Kier molecular flexibility index (Phi) is 4.72. The molecule has 1 aliphatic rings. The predicted octanol–water partition coefficient (Wildman–Crippen LogP) is 2.61. The van der Waals surface area contributed by atoms with Gasteiger partial charge in [0.2, 0.25) is 0 Å². The third-order valence-corrected chi connectivity index (χ3v) is 2.66. The Morgan fingerprint density at radius 3 is 2.57 bits per heavy atom. The molecule has 1 N–H and O–H groups in total. The molecule has 1 unspecified atom stereocenters. The summed E-state index contributed by atoms with van der Waals surface area (Å²) in [5, 5.41) is 3.27. The minimum Gasteiger partial charge on any atom is -0.489 e. The van der Waals surface area contributed by atoms with E-state index in [0.29, 0.717) is 6.10 Å². The van der Waals surface area contributed by atoms with E-state index >= 15 is 0 Å². The monoisotopic (exact) mass is 277 g/mol. The van der Waals surface area contributed by atoms with Crippen LogP contribution in [0.5, 0.6) is 5.75 Å². The van der Waals surface area contributed by atoms with Gasteiger partial charge in [-0.15, -0.1) is 12.4 Å². The molecule has 78 valence electrons. The first kappa shape index (κ1) is 11.8. The van der Waals surface area contributed by atoms with Crippen LogP contribution in [0.25, 0.3) is 0 Å². The highest BCUT2D eigenvalue weighted by molar-refractivity contribution is 9.10. The smallest absolute Gasteiger partial charge is 0.119 e. The predicted molar refractivity (Wildman–Crippen MR) is 63.3 cm³/mol. The third kappa shape index (κ3) is 3.15. The number of nitrogens with one attached hydrogen (secondary N) is 1. The molecule has 0 aromatic heterocycles. The van der Waals surface area contributed by atoms with Crippen molar-refractivity contribution in [1.29, 1.82) is 0 Å². The summed E-state index contributed by atoms with van der Waals surface area (Å²) in [7, 11) is 0. The van der Waals surface area contributed by atoms with Crippen molar-refractivity contribution in [3.63, 3.8) is 0 Å². The summed E-state index contributed by atoms with van der Waals surface area (Å²) in [6, 6.07) is 7.97. The maximum atomic E-state index is 5.75. The maximum Gasteiger partial charge on any atom is 0.119 e. The van der Waals surface area contributed by atoms with Gasteiger partial charge >= 0.3 is 0 Å². The molecule has 0 spiro atoms. The molecule has 0 bridgehead atoms. The normalized spacial score (nSPS) is 20.2. The van der Waals surface area contributed by atoms with E-state index < -0.39 is 0 Å². The SMILES string of the molecule is Brc1ccc(OC2CCNC2)cc1.Cl. The Hall–Kier alpha value is -0.250. The first-order chi connectivity index (χ1) is 6.34. The molecule has 1 atom stereocenters. The minimum absolute atomic E-state index is 0. The fourth-order valence-electron chi connectivity index (χ4n) is 1.43. The second kappa shape index (κ2) is 5.59. The van der Waals surface area contributed by atoms with Crippen molar-refractivity contribution < 1.29 is 4.74 Å². The van der Waals surface area contributed by atoms with Gasteiger partial charge in [-0.1, -0.05) is 15.9 Å². The molecular weight excluding hydrogens is 265 g/mol. The van der Waals surface area contributed by atoms with Crippen LogP contribution in [0.15, 0.2) is 28.7 Å². The zero-order chi connectivity index (χ0) is 9.10. The van der Waals surface area contributed by atoms with E-state index in [2.05, 4.69) is 21.2 Å². The van der Waals surface area contributed by atoms with Crippen molar-refractivity contribution in [3.05, 3.63) is 28.7 Å². The maximum absolute atomic E-state index is 5.75.